The lowest BCUT2D eigenvalue weighted by molar-refractivity contribution is 0.121. The summed E-state index contributed by atoms with van der Waals surface area (Å²) in [5, 5.41) is 3.72. The molecule has 3 heteroatoms. The Morgan fingerprint density at radius 1 is 1.53 bits per heavy atom. The van der Waals surface area contributed by atoms with Crippen LogP contribution in [0.15, 0.2) is 24.5 Å². The molecule has 3 rings (SSSR count). The number of piperazine rings is 1. The molecule has 0 radical (unpaired) electrons. The van der Waals surface area contributed by atoms with Crippen LogP contribution in [0.4, 0.5) is 0 Å². The highest BCUT2D eigenvalue weighted by Crippen LogP contribution is 2.40. The first-order valence-corrected chi connectivity index (χ1v) is 6.62. The summed E-state index contributed by atoms with van der Waals surface area (Å²) in [5.41, 5.74) is 1.67. The minimum Gasteiger partial charge on any atom is -0.309 e. The maximum absolute atomic E-state index is 4.19. The number of nitrogens with one attached hydrogen (secondary N) is 1. The van der Waals surface area contributed by atoms with Gasteiger partial charge < -0.3 is 5.32 Å². The summed E-state index contributed by atoms with van der Waals surface area (Å²) in [6, 6.07) is 4.20. The molecule has 0 aromatic carbocycles. The molecule has 1 aliphatic heterocycles. The smallest absolute Gasteiger partial charge is 0.0312 e. The minimum absolute atomic E-state index is 0.348. The van der Waals surface area contributed by atoms with Crippen molar-refractivity contribution in [2.75, 3.05) is 19.6 Å². The van der Waals surface area contributed by atoms with Crippen LogP contribution in [0.25, 0.3) is 0 Å². The second-order valence-corrected chi connectivity index (χ2v) is 5.69. The SMILES string of the molecule is CC1(C2CC2)CN(Cc2cccnc2)CCN1. The Bertz CT molecular complexity index is 374. The second-order valence-electron chi connectivity index (χ2n) is 5.69. The largest absolute Gasteiger partial charge is 0.309 e. The molecule has 1 aromatic heterocycles. The fourth-order valence-corrected chi connectivity index (χ4v) is 2.98. The topological polar surface area (TPSA) is 28.2 Å². The van der Waals surface area contributed by atoms with E-state index in [1.54, 1.807) is 0 Å². The average Bonchev–Trinajstić information content (AvgIpc) is 3.14. The normalized spacial score (nSPS) is 30.4. The van der Waals surface area contributed by atoms with Crippen molar-refractivity contribution in [2.45, 2.75) is 31.8 Å². The van der Waals surface area contributed by atoms with E-state index in [1.165, 1.54) is 24.9 Å². The molecule has 0 spiro atoms. The maximum atomic E-state index is 4.19. The van der Waals surface area contributed by atoms with Crippen LogP contribution in [0.5, 0.6) is 0 Å². The van der Waals surface area contributed by atoms with Crippen molar-refractivity contribution in [3.05, 3.63) is 30.1 Å². The van der Waals surface area contributed by atoms with E-state index in [4.69, 9.17) is 0 Å². The number of hydrogen-bond acceptors (Lipinski definition) is 3. The Morgan fingerprint density at radius 2 is 2.41 bits per heavy atom. The quantitative estimate of drug-likeness (QED) is 0.857. The Balaban J connectivity index is 1.64. The third kappa shape index (κ3) is 2.50. The predicted octanol–water partition coefficient (Wildman–Crippen LogP) is 1.66. The van der Waals surface area contributed by atoms with Crippen LogP contribution >= 0.6 is 0 Å². The third-order valence-electron chi connectivity index (χ3n) is 4.12. The summed E-state index contributed by atoms with van der Waals surface area (Å²) >= 11 is 0. The molecule has 2 aliphatic rings. The van der Waals surface area contributed by atoms with Gasteiger partial charge in [-0.1, -0.05) is 6.07 Å². The summed E-state index contributed by atoms with van der Waals surface area (Å²) < 4.78 is 0. The Kier molecular flexibility index (Phi) is 2.89. The van der Waals surface area contributed by atoms with Gasteiger partial charge in [-0.05, 0) is 37.3 Å². The van der Waals surface area contributed by atoms with Gasteiger partial charge in [-0.15, -0.1) is 0 Å². The summed E-state index contributed by atoms with van der Waals surface area (Å²) in [7, 11) is 0. The molecule has 1 unspecified atom stereocenters. The molecule has 1 N–H and O–H groups in total. The maximum Gasteiger partial charge on any atom is 0.0312 e. The lowest BCUT2D eigenvalue weighted by Gasteiger charge is -2.42. The van der Waals surface area contributed by atoms with E-state index in [2.05, 4.69) is 28.2 Å². The number of rotatable bonds is 3. The summed E-state index contributed by atoms with van der Waals surface area (Å²) in [6.45, 7) is 6.87. The van der Waals surface area contributed by atoms with Crippen molar-refractivity contribution in [3.8, 4) is 0 Å². The van der Waals surface area contributed by atoms with Crippen molar-refractivity contribution in [3.63, 3.8) is 0 Å². The summed E-state index contributed by atoms with van der Waals surface area (Å²) in [6.07, 6.45) is 6.64. The summed E-state index contributed by atoms with van der Waals surface area (Å²) in [4.78, 5) is 6.75. The first-order chi connectivity index (χ1) is 8.26. The van der Waals surface area contributed by atoms with Gasteiger partial charge in [-0.25, -0.2) is 0 Å². The molecule has 1 saturated carbocycles. The average molecular weight is 231 g/mol. The van der Waals surface area contributed by atoms with Crippen molar-refractivity contribution >= 4 is 0 Å². The minimum atomic E-state index is 0.348. The van der Waals surface area contributed by atoms with E-state index in [0.717, 1.165) is 25.6 Å². The van der Waals surface area contributed by atoms with E-state index >= 15 is 0 Å². The molecule has 2 heterocycles. The summed E-state index contributed by atoms with van der Waals surface area (Å²) in [5.74, 6) is 0.902. The fraction of sp³-hybridized carbons (Fsp3) is 0.643. The van der Waals surface area contributed by atoms with Crippen molar-refractivity contribution in [1.82, 2.24) is 15.2 Å². The van der Waals surface area contributed by atoms with E-state index in [0.29, 0.717) is 5.54 Å². The van der Waals surface area contributed by atoms with Gasteiger partial charge in [-0.2, -0.15) is 0 Å². The monoisotopic (exact) mass is 231 g/mol. The molecule has 92 valence electrons. The van der Waals surface area contributed by atoms with Gasteiger partial charge >= 0.3 is 0 Å². The van der Waals surface area contributed by atoms with Gasteiger partial charge in [0.05, 0.1) is 0 Å². The zero-order valence-electron chi connectivity index (χ0n) is 10.5. The van der Waals surface area contributed by atoms with Crippen LogP contribution in [0.1, 0.15) is 25.3 Å². The Morgan fingerprint density at radius 3 is 3.12 bits per heavy atom. The van der Waals surface area contributed by atoms with Crippen LogP contribution in [-0.4, -0.2) is 35.1 Å². The van der Waals surface area contributed by atoms with Crippen LogP contribution < -0.4 is 5.32 Å². The second kappa shape index (κ2) is 4.39. The van der Waals surface area contributed by atoms with Crippen LogP contribution in [0.2, 0.25) is 0 Å². The van der Waals surface area contributed by atoms with E-state index < -0.39 is 0 Å². The highest BCUT2D eigenvalue weighted by atomic mass is 15.2. The van der Waals surface area contributed by atoms with Gasteiger partial charge in [0.1, 0.15) is 0 Å². The Hall–Kier alpha value is -0.930. The number of nitrogens with zero attached hydrogens (tertiary/aromatic N) is 2. The van der Waals surface area contributed by atoms with E-state index in [9.17, 15) is 0 Å². The number of pyridine rings is 1. The predicted molar refractivity (Wildman–Crippen MR) is 68.6 cm³/mol. The molecule has 2 fully saturated rings. The zero-order chi connectivity index (χ0) is 11.7. The van der Waals surface area contributed by atoms with Gasteiger partial charge in [0.2, 0.25) is 0 Å². The van der Waals surface area contributed by atoms with Crippen molar-refractivity contribution in [1.29, 1.82) is 0 Å². The zero-order valence-corrected chi connectivity index (χ0v) is 10.5. The molecule has 1 atom stereocenters. The molecular weight excluding hydrogens is 210 g/mol. The first-order valence-electron chi connectivity index (χ1n) is 6.62. The van der Waals surface area contributed by atoms with Gasteiger partial charge in [0, 0.05) is 44.1 Å². The van der Waals surface area contributed by atoms with Crippen LogP contribution in [-0.2, 0) is 6.54 Å². The molecule has 0 bridgehead atoms. The van der Waals surface area contributed by atoms with Gasteiger partial charge in [0.15, 0.2) is 0 Å². The number of hydrogen-bond donors (Lipinski definition) is 1. The molecular formula is C14H21N3. The van der Waals surface area contributed by atoms with Crippen LogP contribution in [0, 0.1) is 5.92 Å². The lowest BCUT2D eigenvalue weighted by Crippen LogP contribution is -2.59. The standard InChI is InChI=1S/C14H21N3/c1-14(13-4-5-13)11-17(8-7-16-14)10-12-3-2-6-15-9-12/h2-3,6,9,13,16H,4-5,7-8,10-11H2,1H3. The van der Waals surface area contributed by atoms with E-state index in [-0.39, 0.29) is 0 Å². The lowest BCUT2D eigenvalue weighted by atomic mass is 9.93. The van der Waals surface area contributed by atoms with Crippen LogP contribution in [0.3, 0.4) is 0 Å². The number of aromatic nitrogens is 1. The van der Waals surface area contributed by atoms with E-state index in [1.807, 2.05) is 18.5 Å². The fourth-order valence-electron chi connectivity index (χ4n) is 2.98. The highest BCUT2D eigenvalue weighted by molar-refractivity contribution is 5.10. The molecule has 1 aromatic rings. The molecule has 1 saturated heterocycles. The Labute approximate surface area is 103 Å². The van der Waals surface area contributed by atoms with Gasteiger partial charge in [0.25, 0.3) is 0 Å². The van der Waals surface area contributed by atoms with Crippen molar-refractivity contribution in [2.24, 2.45) is 5.92 Å². The molecule has 1 aliphatic carbocycles. The molecule has 3 nitrogen and oxygen atoms in total. The molecule has 0 amide bonds. The third-order valence-corrected chi connectivity index (χ3v) is 4.12. The first kappa shape index (κ1) is 11.2. The molecule has 17 heavy (non-hydrogen) atoms. The van der Waals surface area contributed by atoms with Gasteiger partial charge in [-0.3, -0.25) is 9.88 Å². The van der Waals surface area contributed by atoms with Crippen molar-refractivity contribution < 1.29 is 0 Å². The highest BCUT2D eigenvalue weighted by Gasteiger charge is 2.43.